The number of carbonyl (C=O) groups is 1. The van der Waals surface area contributed by atoms with Crippen molar-refractivity contribution < 1.29 is 9.21 Å². The number of carbonyl (C=O) groups excluding carboxylic acids is 1. The number of nitrogen functional groups attached to an aromatic ring is 1. The van der Waals surface area contributed by atoms with E-state index in [1.807, 2.05) is 18.2 Å². The van der Waals surface area contributed by atoms with Gasteiger partial charge in [-0.25, -0.2) is 0 Å². The van der Waals surface area contributed by atoms with Gasteiger partial charge in [-0.2, -0.15) is 0 Å². The van der Waals surface area contributed by atoms with E-state index in [1.54, 1.807) is 17.0 Å². The van der Waals surface area contributed by atoms with Crippen LogP contribution in [-0.2, 0) is 13.0 Å². The van der Waals surface area contributed by atoms with E-state index in [0.717, 1.165) is 17.7 Å². The van der Waals surface area contributed by atoms with Gasteiger partial charge in [-0.1, -0.05) is 12.1 Å². The molecule has 0 saturated carbocycles. The highest BCUT2D eigenvalue weighted by atomic mass is 16.3. The molecule has 2 aromatic rings. The fourth-order valence-electron chi connectivity index (χ4n) is 2.37. The number of hydrogen-bond acceptors (Lipinski definition) is 3. The molecular weight excluding hydrogens is 228 g/mol. The van der Waals surface area contributed by atoms with Crippen molar-refractivity contribution in [2.75, 3.05) is 12.3 Å². The van der Waals surface area contributed by atoms with Gasteiger partial charge in [0.25, 0.3) is 5.91 Å². The van der Waals surface area contributed by atoms with Crippen molar-refractivity contribution in [1.29, 1.82) is 0 Å². The smallest absolute Gasteiger partial charge is 0.289 e. The van der Waals surface area contributed by atoms with Gasteiger partial charge in [0.15, 0.2) is 5.76 Å². The van der Waals surface area contributed by atoms with Crippen LogP contribution >= 0.6 is 0 Å². The lowest BCUT2D eigenvalue weighted by atomic mass is 9.98. The average molecular weight is 242 g/mol. The number of anilines is 1. The number of nitrogens with zero attached hydrogens (tertiary/aromatic N) is 1. The van der Waals surface area contributed by atoms with Crippen molar-refractivity contribution in [1.82, 2.24) is 4.90 Å². The SMILES string of the molecule is Nc1cccc2c1CCN(C(=O)c1ccco1)C2. The molecule has 0 saturated heterocycles. The lowest BCUT2D eigenvalue weighted by molar-refractivity contribution is 0.0702. The van der Waals surface area contributed by atoms with Crippen LogP contribution < -0.4 is 5.73 Å². The molecule has 0 aliphatic carbocycles. The van der Waals surface area contributed by atoms with Crippen LogP contribution in [0.4, 0.5) is 5.69 Å². The largest absolute Gasteiger partial charge is 0.459 e. The second-order valence-electron chi connectivity index (χ2n) is 4.44. The topological polar surface area (TPSA) is 59.5 Å². The summed E-state index contributed by atoms with van der Waals surface area (Å²) in [5, 5.41) is 0. The van der Waals surface area contributed by atoms with Crippen LogP contribution in [0.15, 0.2) is 41.0 Å². The van der Waals surface area contributed by atoms with Crippen molar-refractivity contribution in [3.63, 3.8) is 0 Å². The number of furan rings is 1. The Morgan fingerprint density at radius 1 is 1.28 bits per heavy atom. The van der Waals surface area contributed by atoms with Gasteiger partial charge in [0.05, 0.1) is 6.26 Å². The molecule has 2 N–H and O–H groups in total. The highest BCUT2D eigenvalue weighted by Gasteiger charge is 2.24. The van der Waals surface area contributed by atoms with E-state index < -0.39 is 0 Å². The Balaban J connectivity index is 1.85. The predicted molar refractivity (Wildman–Crippen MR) is 68.0 cm³/mol. The third-order valence-electron chi connectivity index (χ3n) is 3.32. The zero-order valence-electron chi connectivity index (χ0n) is 9.93. The van der Waals surface area contributed by atoms with Crippen LogP contribution in [0.2, 0.25) is 0 Å². The number of rotatable bonds is 1. The molecule has 4 nitrogen and oxygen atoms in total. The Morgan fingerprint density at radius 2 is 2.17 bits per heavy atom. The molecule has 0 unspecified atom stereocenters. The standard InChI is InChI=1S/C14H14N2O2/c15-12-4-1-3-10-9-16(7-6-11(10)12)14(17)13-5-2-8-18-13/h1-5,8H,6-7,9,15H2. The first kappa shape index (κ1) is 10.9. The minimum atomic E-state index is -0.0620. The highest BCUT2D eigenvalue weighted by Crippen LogP contribution is 2.25. The van der Waals surface area contributed by atoms with E-state index in [1.165, 1.54) is 11.8 Å². The second-order valence-corrected chi connectivity index (χ2v) is 4.44. The summed E-state index contributed by atoms with van der Waals surface area (Å²) >= 11 is 0. The van der Waals surface area contributed by atoms with Gasteiger partial charge in [0, 0.05) is 18.8 Å². The molecule has 1 aromatic heterocycles. The molecule has 0 radical (unpaired) electrons. The number of fused-ring (bicyclic) bond motifs is 1. The molecule has 3 rings (SSSR count). The average Bonchev–Trinajstić information content (AvgIpc) is 2.91. The summed E-state index contributed by atoms with van der Waals surface area (Å²) in [4.78, 5) is 13.9. The van der Waals surface area contributed by atoms with Crippen molar-refractivity contribution in [2.24, 2.45) is 0 Å². The third kappa shape index (κ3) is 1.76. The van der Waals surface area contributed by atoms with Gasteiger partial charge in [-0.05, 0) is 35.7 Å². The maximum absolute atomic E-state index is 12.2. The first-order valence-corrected chi connectivity index (χ1v) is 5.95. The number of nitrogens with two attached hydrogens (primary N) is 1. The number of benzene rings is 1. The highest BCUT2D eigenvalue weighted by molar-refractivity contribution is 5.91. The first-order valence-electron chi connectivity index (χ1n) is 5.95. The van der Waals surface area contributed by atoms with Crippen molar-refractivity contribution in [2.45, 2.75) is 13.0 Å². The van der Waals surface area contributed by atoms with Crippen molar-refractivity contribution >= 4 is 11.6 Å². The van der Waals surface area contributed by atoms with E-state index >= 15 is 0 Å². The molecule has 0 bridgehead atoms. The van der Waals surface area contributed by atoms with Gasteiger partial charge >= 0.3 is 0 Å². The zero-order valence-corrected chi connectivity index (χ0v) is 9.93. The maximum Gasteiger partial charge on any atom is 0.289 e. The van der Waals surface area contributed by atoms with E-state index in [-0.39, 0.29) is 5.91 Å². The Labute approximate surface area is 105 Å². The molecule has 1 amide bonds. The van der Waals surface area contributed by atoms with Gasteiger partial charge in [-0.15, -0.1) is 0 Å². The molecule has 0 spiro atoms. The molecule has 1 aromatic carbocycles. The van der Waals surface area contributed by atoms with Gasteiger partial charge in [0.1, 0.15) is 0 Å². The van der Waals surface area contributed by atoms with E-state index in [4.69, 9.17) is 10.2 Å². The molecule has 18 heavy (non-hydrogen) atoms. The lowest BCUT2D eigenvalue weighted by Gasteiger charge is -2.28. The molecule has 92 valence electrons. The predicted octanol–water partition coefficient (Wildman–Crippen LogP) is 2.06. The Morgan fingerprint density at radius 3 is 2.94 bits per heavy atom. The minimum absolute atomic E-state index is 0.0620. The fraction of sp³-hybridized carbons (Fsp3) is 0.214. The molecule has 4 heteroatoms. The lowest BCUT2D eigenvalue weighted by Crippen LogP contribution is -2.36. The van der Waals surface area contributed by atoms with Crippen LogP contribution in [-0.4, -0.2) is 17.4 Å². The number of amides is 1. The Kier molecular flexibility index (Phi) is 2.55. The summed E-state index contributed by atoms with van der Waals surface area (Å²) in [5.41, 5.74) is 9.05. The first-order chi connectivity index (χ1) is 8.75. The summed E-state index contributed by atoms with van der Waals surface area (Å²) < 4.78 is 5.14. The maximum atomic E-state index is 12.2. The van der Waals surface area contributed by atoms with Crippen LogP contribution in [0.3, 0.4) is 0 Å². The molecule has 1 aliphatic rings. The monoisotopic (exact) mass is 242 g/mol. The van der Waals surface area contributed by atoms with Crippen LogP contribution in [0.25, 0.3) is 0 Å². The summed E-state index contributed by atoms with van der Waals surface area (Å²) in [6, 6.07) is 9.27. The van der Waals surface area contributed by atoms with Crippen molar-refractivity contribution in [3.05, 3.63) is 53.5 Å². The minimum Gasteiger partial charge on any atom is -0.459 e. The third-order valence-corrected chi connectivity index (χ3v) is 3.32. The van der Waals surface area contributed by atoms with Gasteiger partial charge in [-0.3, -0.25) is 4.79 Å². The van der Waals surface area contributed by atoms with E-state index in [0.29, 0.717) is 18.8 Å². The fourth-order valence-corrected chi connectivity index (χ4v) is 2.37. The number of hydrogen-bond donors (Lipinski definition) is 1. The second kappa shape index (κ2) is 4.22. The normalized spacial score (nSPS) is 14.3. The summed E-state index contributed by atoms with van der Waals surface area (Å²) in [5.74, 6) is 0.329. The molecule has 0 fully saturated rings. The van der Waals surface area contributed by atoms with Gasteiger partial charge in [0.2, 0.25) is 0 Å². The quantitative estimate of drug-likeness (QED) is 0.779. The summed E-state index contributed by atoms with van der Waals surface area (Å²) in [6.45, 7) is 1.28. The van der Waals surface area contributed by atoms with Crippen molar-refractivity contribution in [3.8, 4) is 0 Å². The summed E-state index contributed by atoms with van der Waals surface area (Å²) in [7, 11) is 0. The van der Waals surface area contributed by atoms with Gasteiger partial charge < -0.3 is 15.1 Å². The molecule has 2 heterocycles. The zero-order chi connectivity index (χ0) is 12.5. The van der Waals surface area contributed by atoms with E-state index in [9.17, 15) is 4.79 Å². The van der Waals surface area contributed by atoms with Crippen LogP contribution in [0.5, 0.6) is 0 Å². The Bertz CT molecular complexity index is 575. The summed E-state index contributed by atoms with van der Waals surface area (Å²) in [6.07, 6.45) is 2.32. The van der Waals surface area contributed by atoms with E-state index in [2.05, 4.69) is 0 Å². The molecule has 0 atom stereocenters. The Hall–Kier alpha value is -2.23. The molecule has 1 aliphatic heterocycles. The molecular formula is C14H14N2O2. The van der Waals surface area contributed by atoms with Crippen LogP contribution in [0.1, 0.15) is 21.7 Å². The van der Waals surface area contributed by atoms with Crippen LogP contribution in [0, 0.1) is 0 Å².